The Morgan fingerprint density at radius 1 is 1.35 bits per heavy atom. The molecular weight excluding hydrogens is 342 g/mol. The number of benzene rings is 1. The number of ether oxygens (including phenoxy) is 1. The second-order valence-corrected chi connectivity index (χ2v) is 5.91. The van der Waals surface area contributed by atoms with E-state index in [4.69, 9.17) is 16.3 Å². The first kappa shape index (κ1) is 17.3. The zero-order valence-corrected chi connectivity index (χ0v) is 14.0. The molecule has 1 atom stereocenters. The number of hydrogen-bond acceptors (Lipinski definition) is 2. The van der Waals surface area contributed by atoms with Gasteiger partial charge in [-0.2, -0.15) is 0 Å². The normalized spacial score (nSPS) is 11.9. The van der Waals surface area contributed by atoms with Crippen LogP contribution in [0.2, 0.25) is 5.02 Å². The van der Waals surface area contributed by atoms with Crippen LogP contribution < -0.4 is 10.1 Å². The average molecular weight is 363 g/mol. The number of amides is 1. The molecule has 0 bridgehead atoms. The Morgan fingerprint density at radius 2 is 2.05 bits per heavy atom. The predicted octanol–water partition coefficient (Wildman–Crippen LogP) is 4.04. The van der Waals surface area contributed by atoms with Crippen LogP contribution in [0.15, 0.2) is 24.3 Å². The predicted molar refractivity (Wildman–Crippen MR) is 86.8 cm³/mol. The van der Waals surface area contributed by atoms with Gasteiger partial charge in [0.25, 0.3) is 5.91 Å². The molecule has 1 rings (SSSR count). The molecule has 1 aromatic carbocycles. The molecule has 0 fully saturated rings. The standard InChI is InChI=1S/C15H21BrClNO2/c1-2-3-12(8-9-16)10-18-15(19)11-20-14-6-4-13(17)5-7-14/h4-7,12H,2-3,8-11H2,1H3,(H,18,19). The fraction of sp³-hybridized carbons (Fsp3) is 0.533. The van der Waals surface area contributed by atoms with E-state index < -0.39 is 0 Å². The van der Waals surface area contributed by atoms with E-state index >= 15 is 0 Å². The summed E-state index contributed by atoms with van der Waals surface area (Å²) in [6, 6.07) is 6.98. The molecule has 0 radical (unpaired) electrons. The highest BCUT2D eigenvalue weighted by atomic mass is 79.9. The molecule has 0 aliphatic heterocycles. The monoisotopic (exact) mass is 361 g/mol. The summed E-state index contributed by atoms with van der Waals surface area (Å²) >= 11 is 9.23. The van der Waals surface area contributed by atoms with Gasteiger partial charge in [0.1, 0.15) is 5.75 Å². The van der Waals surface area contributed by atoms with Gasteiger partial charge in [-0.15, -0.1) is 0 Å². The van der Waals surface area contributed by atoms with Gasteiger partial charge in [0, 0.05) is 16.9 Å². The van der Waals surface area contributed by atoms with Crippen molar-refractivity contribution in [3.05, 3.63) is 29.3 Å². The second-order valence-electron chi connectivity index (χ2n) is 4.68. The van der Waals surface area contributed by atoms with E-state index in [1.165, 1.54) is 0 Å². The molecule has 0 saturated heterocycles. The van der Waals surface area contributed by atoms with Gasteiger partial charge in [-0.05, 0) is 43.0 Å². The smallest absolute Gasteiger partial charge is 0.257 e. The van der Waals surface area contributed by atoms with Crippen LogP contribution in [0.3, 0.4) is 0 Å². The maximum atomic E-state index is 11.7. The van der Waals surface area contributed by atoms with Crippen molar-refractivity contribution >= 4 is 33.4 Å². The Labute approximate surface area is 134 Å². The Hall–Kier alpha value is -0.740. The molecule has 1 unspecified atom stereocenters. The molecule has 0 spiro atoms. The highest BCUT2D eigenvalue weighted by Crippen LogP contribution is 2.15. The molecule has 0 aliphatic rings. The number of nitrogens with one attached hydrogen (secondary N) is 1. The molecule has 1 aromatic rings. The van der Waals surface area contributed by atoms with Crippen molar-refractivity contribution in [2.75, 3.05) is 18.5 Å². The van der Waals surface area contributed by atoms with Gasteiger partial charge < -0.3 is 10.1 Å². The largest absolute Gasteiger partial charge is 0.484 e. The van der Waals surface area contributed by atoms with Crippen molar-refractivity contribution in [1.29, 1.82) is 0 Å². The van der Waals surface area contributed by atoms with Gasteiger partial charge in [-0.25, -0.2) is 0 Å². The molecule has 1 N–H and O–H groups in total. The fourth-order valence-electron chi connectivity index (χ4n) is 1.90. The minimum absolute atomic E-state index is 0.0365. The van der Waals surface area contributed by atoms with Crippen LogP contribution in [0.4, 0.5) is 0 Å². The first-order valence-corrected chi connectivity index (χ1v) is 8.36. The van der Waals surface area contributed by atoms with Crippen LogP contribution in [0.5, 0.6) is 5.75 Å². The minimum atomic E-state index is -0.0874. The molecule has 3 nitrogen and oxygen atoms in total. The molecule has 20 heavy (non-hydrogen) atoms. The van der Waals surface area contributed by atoms with Gasteiger partial charge in [0.05, 0.1) is 0 Å². The van der Waals surface area contributed by atoms with E-state index in [-0.39, 0.29) is 12.5 Å². The van der Waals surface area contributed by atoms with Crippen molar-refractivity contribution in [2.45, 2.75) is 26.2 Å². The molecule has 5 heteroatoms. The highest BCUT2D eigenvalue weighted by molar-refractivity contribution is 9.09. The summed E-state index contributed by atoms with van der Waals surface area (Å²) in [7, 11) is 0. The van der Waals surface area contributed by atoms with Crippen molar-refractivity contribution in [3.63, 3.8) is 0 Å². The molecular formula is C15H21BrClNO2. The summed E-state index contributed by atoms with van der Waals surface area (Å²) < 4.78 is 5.40. The summed E-state index contributed by atoms with van der Waals surface area (Å²) in [4.78, 5) is 11.7. The lowest BCUT2D eigenvalue weighted by atomic mass is 10.0. The first-order valence-electron chi connectivity index (χ1n) is 6.86. The van der Waals surface area contributed by atoms with Gasteiger partial charge in [0.2, 0.25) is 0 Å². The van der Waals surface area contributed by atoms with Crippen LogP contribution in [0.1, 0.15) is 26.2 Å². The number of carbonyl (C=O) groups excluding carboxylic acids is 1. The lowest BCUT2D eigenvalue weighted by Gasteiger charge is -2.15. The molecule has 112 valence electrons. The molecule has 0 saturated carbocycles. The van der Waals surface area contributed by atoms with Crippen LogP contribution in [-0.4, -0.2) is 24.4 Å². The number of carbonyl (C=O) groups is 1. The Bertz CT molecular complexity index is 391. The number of alkyl halides is 1. The maximum Gasteiger partial charge on any atom is 0.257 e. The number of rotatable bonds is 9. The Morgan fingerprint density at radius 3 is 2.65 bits per heavy atom. The van der Waals surface area contributed by atoms with E-state index in [9.17, 15) is 4.79 Å². The third kappa shape index (κ3) is 7.15. The lowest BCUT2D eigenvalue weighted by molar-refractivity contribution is -0.123. The van der Waals surface area contributed by atoms with Crippen LogP contribution >= 0.6 is 27.5 Å². The van der Waals surface area contributed by atoms with E-state index in [1.54, 1.807) is 24.3 Å². The van der Waals surface area contributed by atoms with Crippen molar-refractivity contribution in [1.82, 2.24) is 5.32 Å². The molecule has 0 aromatic heterocycles. The summed E-state index contributed by atoms with van der Waals surface area (Å²) in [6.07, 6.45) is 3.34. The van der Waals surface area contributed by atoms with Gasteiger partial charge >= 0.3 is 0 Å². The minimum Gasteiger partial charge on any atom is -0.484 e. The molecule has 1 amide bonds. The van der Waals surface area contributed by atoms with E-state index in [1.807, 2.05) is 0 Å². The maximum absolute atomic E-state index is 11.7. The van der Waals surface area contributed by atoms with Gasteiger partial charge in [-0.1, -0.05) is 40.9 Å². The van der Waals surface area contributed by atoms with Gasteiger partial charge in [0.15, 0.2) is 6.61 Å². The van der Waals surface area contributed by atoms with Crippen LogP contribution in [0.25, 0.3) is 0 Å². The quantitative estimate of drug-likeness (QED) is 0.673. The second kappa shape index (κ2) is 10.1. The summed E-state index contributed by atoms with van der Waals surface area (Å²) in [5.74, 6) is 1.09. The van der Waals surface area contributed by atoms with Crippen molar-refractivity contribution in [2.24, 2.45) is 5.92 Å². The Balaban J connectivity index is 2.27. The number of hydrogen-bond donors (Lipinski definition) is 1. The third-order valence-corrected chi connectivity index (χ3v) is 3.70. The SMILES string of the molecule is CCCC(CCBr)CNC(=O)COc1ccc(Cl)cc1. The summed E-state index contributed by atoms with van der Waals surface area (Å²) in [6.45, 7) is 2.91. The fourth-order valence-corrected chi connectivity index (χ4v) is 2.67. The zero-order valence-electron chi connectivity index (χ0n) is 11.7. The zero-order chi connectivity index (χ0) is 14.8. The van der Waals surface area contributed by atoms with E-state index in [0.717, 1.165) is 24.6 Å². The lowest BCUT2D eigenvalue weighted by Crippen LogP contribution is -2.33. The van der Waals surface area contributed by atoms with E-state index in [0.29, 0.717) is 23.2 Å². The summed E-state index contributed by atoms with van der Waals surface area (Å²) in [5, 5.41) is 4.54. The van der Waals surface area contributed by atoms with Crippen molar-refractivity contribution in [3.8, 4) is 5.75 Å². The van der Waals surface area contributed by atoms with Crippen molar-refractivity contribution < 1.29 is 9.53 Å². The highest BCUT2D eigenvalue weighted by Gasteiger charge is 2.09. The third-order valence-electron chi connectivity index (χ3n) is 2.99. The van der Waals surface area contributed by atoms with Crippen LogP contribution in [-0.2, 0) is 4.79 Å². The first-order chi connectivity index (χ1) is 9.65. The topological polar surface area (TPSA) is 38.3 Å². The molecule has 0 heterocycles. The summed E-state index contributed by atoms with van der Waals surface area (Å²) in [5.41, 5.74) is 0. The number of halogens is 2. The van der Waals surface area contributed by atoms with Crippen LogP contribution in [0, 0.1) is 5.92 Å². The Kier molecular flexibility index (Phi) is 8.70. The van der Waals surface area contributed by atoms with E-state index in [2.05, 4.69) is 28.2 Å². The van der Waals surface area contributed by atoms with Gasteiger partial charge in [-0.3, -0.25) is 4.79 Å². The molecule has 0 aliphatic carbocycles. The average Bonchev–Trinajstić information content (AvgIpc) is 2.44.